The van der Waals surface area contributed by atoms with Gasteiger partial charge in [-0.2, -0.15) is 0 Å². The van der Waals surface area contributed by atoms with Gasteiger partial charge in [0.2, 0.25) is 0 Å². The fourth-order valence-electron chi connectivity index (χ4n) is 1.35. The summed E-state index contributed by atoms with van der Waals surface area (Å²) in [7, 11) is 0. The van der Waals surface area contributed by atoms with Crippen LogP contribution in [0.25, 0.3) is 0 Å². The quantitative estimate of drug-likeness (QED) is 0.799. The van der Waals surface area contributed by atoms with Crippen molar-refractivity contribution in [1.82, 2.24) is 9.55 Å². The van der Waals surface area contributed by atoms with Gasteiger partial charge >= 0.3 is 0 Å². The number of hydrogen-bond donors (Lipinski definition) is 0. The number of hydrogen-bond acceptors (Lipinski definition) is 2. The van der Waals surface area contributed by atoms with E-state index in [1.807, 2.05) is 6.07 Å². The Morgan fingerprint density at radius 2 is 2.19 bits per heavy atom. The van der Waals surface area contributed by atoms with E-state index >= 15 is 0 Å². The second-order valence-corrected chi connectivity index (χ2v) is 4.54. The molecule has 2 rings (SSSR count). The molecule has 82 valence electrons. The van der Waals surface area contributed by atoms with Crippen LogP contribution in [0.2, 0.25) is 5.15 Å². The van der Waals surface area contributed by atoms with E-state index in [9.17, 15) is 4.79 Å². The highest BCUT2D eigenvalue weighted by molar-refractivity contribution is 9.10. The van der Waals surface area contributed by atoms with Crippen molar-refractivity contribution in [2.45, 2.75) is 6.54 Å². The molecule has 0 radical (unpaired) electrons. The first-order valence-corrected chi connectivity index (χ1v) is 5.79. The lowest BCUT2D eigenvalue weighted by molar-refractivity contribution is 0.753. The highest BCUT2D eigenvalue weighted by atomic mass is 79.9. The molecule has 0 atom stereocenters. The van der Waals surface area contributed by atoms with E-state index in [1.54, 1.807) is 29.1 Å². The summed E-state index contributed by atoms with van der Waals surface area (Å²) >= 11 is 9.25. The molecule has 3 nitrogen and oxygen atoms in total. The van der Waals surface area contributed by atoms with Crippen LogP contribution in [0.4, 0.5) is 0 Å². The molecule has 0 spiro atoms. The highest BCUT2D eigenvalue weighted by Gasteiger charge is 2.03. The number of aromatic nitrogens is 2. The van der Waals surface area contributed by atoms with Crippen molar-refractivity contribution in [3.63, 3.8) is 0 Å². The third kappa shape index (κ3) is 2.51. The number of pyridine rings is 2. The van der Waals surface area contributed by atoms with Gasteiger partial charge < -0.3 is 4.57 Å². The first-order valence-electron chi connectivity index (χ1n) is 4.62. The molecule has 0 amide bonds. The van der Waals surface area contributed by atoms with Gasteiger partial charge in [0.15, 0.2) is 0 Å². The number of nitrogens with zero attached hydrogens (tertiary/aromatic N) is 2. The molecule has 0 unspecified atom stereocenters. The SMILES string of the molecule is O=c1ccc(Br)cn1Cc1cccnc1Cl. The number of rotatable bonds is 2. The first-order chi connectivity index (χ1) is 7.66. The normalized spacial score (nSPS) is 10.4. The largest absolute Gasteiger partial charge is 0.310 e. The van der Waals surface area contributed by atoms with Crippen molar-refractivity contribution in [2.75, 3.05) is 0 Å². The van der Waals surface area contributed by atoms with Crippen LogP contribution in [-0.2, 0) is 6.54 Å². The van der Waals surface area contributed by atoms with Crippen LogP contribution in [0.5, 0.6) is 0 Å². The monoisotopic (exact) mass is 298 g/mol. The maximum atomic E-state index is 11.6. The van der Waals surface area contributed by atoms with E-state index in [2.05, 4.69) is 20.9 Å². The molecule has 0 saturated heterocycles. The summed E-state index contributed by atoms with van der Waals surface area (Å²) in [6, 6.07) is 6.87. The summed E-state index contributed by atoms with van der Waals surface area (Å²) in [6.45, 7) is 0.422. The number of halogens is 2. The van der Waals surface area contributed by atoms with Crippen molar-refractivity contribution in [3.8, 4) is 0 Å². The van der Waals surface area contributed by atoms with Crippen LogP contribution in [0, 0.1) is 0 Å². The van der Waals surface area contributed by atoms with E-state index < -0.39 is 0 Å². The van der Waals surface area contributed by atoms with E-state index in [1.165, 1.54) is 6.07 Å². The lowest BCUT2D eigenvalue weighted by Crippen LogP contribution is -2.19. The minimum atomic E-state index is -0.0666. The maximum Gasteiger partial charge on any atom is 0.250 e. The lowest BCUT2D eigenvalue weighted by Gasteiger charge is -2.06. The molecule has 0 aliphatic heterocycles. The Morgan fingerprint density at radius 3 is 2.94 bits per heavy atom. The standard InChI is InChI=1S/C11H8BrClN2O/c12-9-3-4-10(16)15(7-9)6-8-2-1-5-14-11(8)13/h1-5,7H,6H2. The summed E-state index contributed by atoms with van der Waals surface area (Å²) < 4.78 is 2.43. The van der Waals surface area contributed by atoms with Gasteiger partial charge in [-0.15, -0.1) is 0 Å². The van der Waals surface area contributed by atoms with Crippen LogP contribution in [0.15, 0.2) is 45.9 Å². The minimum Gasteiger partial charge on any atom is -0.310 e. The Hall–Kier alpha value is -1.13. The van der Waals surface area contributed by atoms with Crippen molar-refractivity contribution in [3.05, 3.63) is 62.2 Å². The molecule has 0 aliphatic carbocycles. The molecule has 16 heavy (non-hydrogen) atoms. The molecular weight excluding hydrogens is 291 g/mol. The van der Waals surface area contributed by atoms with Crippen molar-refractivity contribution >= 4 is 27.5 Å². The molecule has 2 heterocycles. The Kier molecular flexibility index (Phi) is 3.41. The van der Waals surface area contributed by atoms with Gasteiger partial charge in [-0.1, -0.05) is 17.7 Å². The maximum absolute atomic E-state index is 11.6. The van der Waals surface area contributed by atoms with Gasteiger partial charge in [0.1, 0.15) is 5.15 Å². The van der Waals surface area contributed by atoms with Crippen molar-refractivity contribution in [2.24, 2.45) is 0 Å². The zero-order valence-electron chi connectivity index (χ0n) is 8.23. The van der Waals surface area contributed by atoms with Gasteiger partial charge in [-0.25, -0.2) is 4.98 Å². The van der Waals surface area contributed by atoms with Crippen LogP contribution in [-0.4, -0.2) is 9.55 Å². The fourth-order valence-corrected chi connectivity index (χ4v) is 1.90. The average molecular weight is 300 g/mol. The topological polar surface area (TPSA) is 34.9 Å². The van der Waals surface area contributed by atoms with Gasteiger partial charge in [0, 0.05) is 28.5 Å². The van der Waals surface area contributed by atoms with E-state index in [-0.39, 0.29) is 5.56 Å². The van der Waals surface area contributed by atoms with E-state index in [0.717, 1.165) is 10.0 Å². The molecule has 0 aliphatic rings. The van der Waals surface area contributed by atoms with Crippen LogP contribution >= 0.6 is 27.5 Å². The zero-order valence-corrected chi connectivity index (χ0v) is 10.6. The van der Waals surface area contributed by atoms with Gasteiger partial charge in [-0.3, -0.25) is 4.79 Å². The van der Waals surface area contributed by atoms with Gasteiger partial charge in [-0.05, 0) is 28.1 Å². The molecule has 5 heteroatoms. The smallest absolute Gasteiger partial charge is 0.250 e. The van der Waals surface area contributed by atoms with Gasteiger partial charge in [0.05, 0.1) is 6.54 Å². The van der Waals surface area contributed by atoms with Gasteiger partial charge in [0.25, 0.3) is 5.56 Å². The molecule has 2 aromatic heterocycles. The molecule has 0 fully saturated rings. The summed E-state index contributed by atoms with van der Waals surface area (Å²) in [5.74, 6) is 0. The summed E-state index contributed by atoms with van der Waals surface area (Å²) in [4.78, 5) is 15.5. The molecule has 0 N–H and O–H groups in total. The van der Waals surface area contributed by atoms with Crippen molar-refractivity contribution in [1.29, 1.82) is 0 Å². The zero-order chi connectivity index (χ0) is 11.5. The molecule has 0 saturated carbocycles. The Labute approximate surface area is 106 Å². The predicted octanol–water partition coefficient (Wildman–Crippen LogP) is 2.71. The second-order valence-electron chi connectivity index (χ2n) is 3.27. The first kappa shape index (κ1) is 11.4. The van der Waals surface area contributed by atoms with Crippen molar-refractivity contribution < 1.29 is 0 Å². The van der Waals surface area contributed by atoms with Crippen LogP contribution in [0.3, 0.4) is 0 Å². The van der Waals surface area contributed by atoms with E-state index in [4.69, 9.17) is 11.6 Å². The van der Waals surface area contributed by atoms with Crippen LogP contribution < -0.4 is 5.56 Å². The molecule has 0 aromatic carbocycles. The minimum absolute atomic E-state index is 0.0666. The van der Waals surface area contributed by atoms with Crippen LogP contribution in [0.1, 0.15) is 5.56 Å². The summed E-state index contributed by atoms with van der Waals surface area (Å²) in [5.41, 5.74) is 0.757. The third-order valence-electron chi connectivity index (χ3n) is 2.12. The highest BCUT2D eigenvalue weighted by Crippen LogP contribution is 2.13. The van der Waals surface area contributed by atoms with E-state index in [0.29, 0.717) is 11.7 Å². The molecular formula is C11H8BrClN2O. The Bertz CT molecular complexity index is 568. The molecule has 2 aromatic rings. The summed E-state index contributed by atoms with van der Waals surface area (Å²) in [6.07, 6.45) is 3.35. The summed E-state index contributed by atoms with van der Waals surface area (Å²) in [5, 5.41) is 0.425. The lowest BCUT2D eigenvalue weighted by atomic mass is 10.3. The Balaban J connectivity index is 2.38. The Morgan fingerprint density at radius 1 is 1.38 bits per heavy atom. The third-order valence-corrected chi connectivity index (χ3v) is 2.93. The molecule has 0 bridgehead atoms. The second kappa shape index (κ2) is 4.80. The fraction of sp³-hybridized carbons (Fsp3) is 0.0909. The average Bonchev–Trinajstić information content (AvgIpc) is 2.27. The predicted molar refractivity (Wildman–Crippen MR) is 66.8 cm³/mol.